The van der Waals surface area contributed by atoms with Crippen molar-refractivity contribution < 1.29 is 27.8 Å². The lowest BCUT2D eigenvalue weighted by atomic mass is 10.2. The zero-order chi connectivity index (χ0) is 18.1. The molecule has 0 atom stereocenters. The second kappa shape index (κ2) is 9.46. The number of hydrogen-bond acceptors (Lipinski definition) is 4. The Hall–Kier alpha value is -2.83. The van der Waals surface area contributed by atoms with Crippen LogP contribution in [0.5, 0.6) is 17.2 Å². The first-order valence-corrected chi connectivity index (χ1v) is 7.68. The minimum absolute atomic E-state index is 0.0425. The molecule has 2 aromatic carbocycles. The summed E-state index contributed by atoms with van der Waals surface area (Å²) in [6.45, 7) is -2.47. The zero-order valence-corrected chi connectivity index (χ0v) is 13.7. The van der Waals surface area contributed by atoms with Crippen molar-refractivity contribution in [1.29, 1.82) is 0 Å². The van der Waals surface area contributed by atoms with Crippen molar-refractivity contribution in [3.8, 4) is 17.2 Å². The third-order valence-corrected chi connectivity index (χ3v) is 3.24. The first kappa shape index (κ1) is 18.5. The molecule has 2 rings (SSSR count). The Morgan fingerprint density at radius 2 is 1.60 bits per heavy atom. The number of methoxy groups -OCH3 is 1. The highest BCUT2D eigenvalue weighted by molar-refractivity contribution is 5.90. The van der Waals surface area contributed by atoms with Gasteiger partial charge in [-0.15, -0.1) is 0 Å². The minimum Gasteiger partial charge on any atom is -0.497 e. The Bertz CT molecular complexity index is 660. The summed E-state index contributed by atoms with van der Waals surface area (Å²) in [5.74, 6) is 1.31. The summed E-state index contributed by atoms with van der Waals surface area (Å²) >= 11 is 0. The van der Waals surface area contributed by atoms with Crippen LogP contribution in [0.25, 0.3) is 0 Å². The van der Waals surface area contributed by atoms with E-state index in [2.05, 4.69) is 10.1 Å². The number of hydrogen-bond donors (Lipinski definition) is 1. The van der Waals surface area contributed by atoms with E-state index in [0.29, 0.717) is 24.5 Å². The van der Waals surface area contributed by atoms with Crippen molar-refractivity contribution in [2.45, 2.75) is 19.5 Å². The fourth-order valence-electron chi connectivity index (χ4n) is 2.04. The second-order valence-corrected chi connectivity index (χ2v) is 5.08. The Morgan fingerprint density at radius 3 is 2.20 bits per heavy atom. The third kappa shape index (κ3) is 6.66. The highest BCUT2D eigenvalue weighted by Gasteiger charge is 2.06. The van der Waals surface area contributed by atoms with Gasteiger partial charge in [0, 0.05) is 12.1 Å². The fourth-order valence-corrected chi connectivity index (χ4v) is 2.04. The Labute approximate surface area is 144 Å². The van der Waals surface area contributed by atoms with Gasteiger partial charge < -0.3 is 19.5 Å². The maximum absolute atomic E-state index is 12.1. The number of ether oxygens (including phenoxy) is 3. The number of carbonyl (C=O) groups excluding carboxylic acids is 1. The standard InChI is InChI=1S/C18H19F2NO4/c1-23-14-8-10-15(11-9-14)24-12-2-3-17(22)21-13-4-6-16(7-5-13)25-18(19)20/h4-11,18H,2-3,12H2,1H3,(H,21,22). The number of rotatable bonds is 9. The molecule has 0 aliphatic carbocycles. The van der Waals surface area contributed by atoms with Crippen LogP contribution in [0.3, 0.4) is 0 Å². The molecule has 134 valence electrons. The van der Waals surface area contributed by atoms with E-state index in [1.807, 2.05) is 0 Å². The number of anilines is 1. The zero-order valence-electron chi connectivity index (χ0n) is 13.7. The van der Waals surface area contributed by atoms with Crippen molar-refractivity contribution in [1.82, 2.24) is 0 Å². The first-order chi connectivity index (χ1) is 12.1. The lowest BCUT2D eigenvalue weighted by molar-refractivity contribution is -0.116. The summed E-state index contributed by atoms with van der Waals surface area (Å²) in [5.41, 5.74) is 0.516. The highest BCUT2D eigenvalue weighted by atomic mass is 19.3. The number of carbonyl (C=O) groups is 1. The van der Waals surface area contributed by atoms with Crippen molar-refractivity contribution >= 4 is 11.6 Å². The molecular weight excluding hydrogens is 332 g/mol. The average Bonchev–Trinajstić information content (AvgIpc) is 2.60. The summed E-state index contributed by atoms with van der Waals surface area (Å²) in [6, 6.07) is 12.9. The minimum atomic E-state index is -2.87. The SMILES string of the molecule is COc1ccc(OCCCC(=O)Nc2ccc(OC(F)F)cc2)cc1. The fraction of sp³-hybridized carbons (Fsp3) is 0.278. The average molecular weight is 351 g/mol. The maximum atomic E-state index is 12.1. The summed E-state index contributed by atoms with van der Waals surface area (Å²) < 4.78 is 38.9. The van der Waals surface area contributed by atoms with E-state index in [1.54, 1.807) is 31.4 Å². The molecule has 0 saturated carbocycles. The lowest BCUT2D eigenvalue weighted by Gasteiger charge is -2.09. The Morgan fingerprint density at radius 1 is 1.00 bits per heavy atom. The summed E-state index contributed by atoms with van der Waals surface area (Å²) in [4.78, 5) is 11.8. The molecule has 5 nitrogen and oxygen atoms in total. The van der Waals surface area contributed by atoms with Crippen LogP contribution in [0, 0.1) is 0 Å². The summed E-state index contributed by atoms with van der Waals surface area (Å²) in [6.07, 6.45) is 0.829. The molecule has 0 aromatic heterocycles. The van der Waals surface area contributed by atoms with Crippen LogP contribution in [-0.2, 0) is 4.79 Å². The lowest BCUT2D eigenvalue weighted by Crippen LogP contribution is -2.12. The quantitative estimate of drug-likeness (QED) is 0.691. The molecule has 0 spiro atoms. The van der Waals surface area contributed by atoms with Crippen LogP contribution >= 0.6 is 0 Å². The summed E-state index contributed by atoms with van der Waals surface area (Å²) in [5, 5.41) is 2.68. The molecule has 2 aromatic rings. The van der Waals surface area contributed by atoms with E-state index in [1.165, 1.54) is 24.3 Å². The predicted octanol–water partition coefficient (Wildman–Crippen LogP) is 4.09. The van der Waals surface area contributed by atoms with E-state index in [9.17, 15) is 13.6 Å². The molecular formula is C18H19F2NO4. The van der Waals surface area contributed by atoms with Crippen LogP contribution in [-0.4, -0.2) is 26.2 Å². The molecule has 1 amide bonds. The maximum Gasteiger partial charge on any atom is 0.387 e. The second-order valence-electron chi connectivity index (χ2n) is 5.08. The smallest absolute Gasteiger partial charge is 0.387 e. The van der Waals surface area contributed by atoms with Crippen LogP contribution in [0.15, 0.2) is 48.5 Å². The molecule has 0 aliphatic heterocycles. The molecule has 1 N–H and O–H groups in total. The van der Waals surface area contributed by atoms with Crippen molar-refractivity contribution in [2.24, 2.45) is 0 Å². The topological polar surface area (TPSA) is 56.8 Å². The van der Waals surface area contributed by atoms with Crippen molar-refractivity contribution in [3.63, 3.8) is 0 Å². The monoisotopic (exact) mass is 351 g/mol. The van der Waals surface area contributed by atoms with Crippen LogP contribution in [0.2, 0.25) is 0 Å². The van der Waals surface area contributed by atoms with Gasteiger partial charge >= 0.3 is 6.61 Å². The normalized spacial score (nSPS) is 10.4. The molecule has 0 unspecified atom stereocenters. The van der Waals surface area contributed by atoms with Crippen molar-refractivity contribution in [2.75, 3.05) is 19.0 Å². The van der Waals surface area contributed by atoms with E-state index in [-0.39, 0.29) is 18.1 Å². The van der Waals surface area contributed by atoms with Gasteiger partial charge in [0.05, 0.1) is 13.7 Å². The third-order valence-electron chi connectivity index (χ3n) is 3.24. The molecule has 0 bridgehead atoms. The molecule has 0 aliphatic rings. The van der Waals surface area contributed by atoms with E-state index in [0.717, 1.165) is 5.75 Å². The van der Waals surface area contributed by atoms with Gasteiger partial charge in [-0.25, -0.2) is 0 Å². The number of halogens is 2. The molecule has 0 heterocycles. The van der Waals surface area contributed by atoms with Gasteiger partial charge in [-0.1, -0.05) is 0 Å². The van der Waals surface area contributed by atoms with Gasteiger partial charge in [-0.3, -0.25) is 4.79 Å². The largest absolute Gasteiger partial charge is 0.497 e. The number of benzene rings is 2. The molecule has 7 heteroatoms. The van der Waals surface area contributed by atoms with Gasteiger partial charge in [0.15, 0.2) is 0 Å². The van der Waals surface area contributed by atoms with Gasteiger partial charge in [-0.05, 0) is 55.0 Å². The van der Waals surface area contributed by atoms with E-state index >= 15 is 0 Å². The van der Waals surface area contributed by atoms with E-state index in [4.69, 9.17) is 9.47 Å². The van der Waals surface area contributed by atoms with Crippen LogP contribution in [0.1, 0.15) is 12.8 Å². The van der Waals surface area contributed by atoms with Crippen LogP contribution < -0.4 is 19.5 Å². The van der Waals surface area contributed by atoms with Crippen LogP contribution in [0.4, 0.5) is 14.5 Å². The predicted molar refractivity (Wildman–Crippen MR) is 89.4 cm³/mol. The molecule has 25 heavy (non-hydrogen) atoms. The number of nitrogens with one attached hydrogen (secondary N) is 1. The number of amides is 1. The Kier molecular flexibility index (Phi) is 7.00. The van der Waals surface area contributed by atoms with Gasteiger partial charge in [0.1, 0.15) is 17.2 Å². The summed E-state index contributed by atoms with van der Waals surface area (Å²) in [7, 11) is 1.59. The molecule has 0 saturated heterocycles. The van der Waals surface area contributed by atoms with Crippen molar-refractivity contribution in [3.05, 3.63) is 48.5 Å². The van der Waals surface area contributed by atoms with E-state index < -0.39 is 6.61 Å². The molecule has 0 fully saturated rings. The van der Waals surface area contributed by atoms with Gasteiger partial charge in [0.25, 0.3) is 0 Å². The number of alkyl halides is 2. The van der Waals surface area contributed by atoms with Gasteiger partial charge in [0.2, 0.25) is 5.91 Å². The Balaban J connectivity index is 1.67. The van der Waals surface area contributed by atoms with Gasteiger partial charge in [-0.2, -0.15) is 8.78 Å². The first-order valence-electron chi connectivity index (χ1n) is 7.68. The molecule has 0 radical (unpaired) electrons. The highest BCUT2D eigenvalue weighted by Crippen LogP contribution is 2.19.